The molecule has 0 bridgehead atoms. The molecule has 0 saturated heterocycles. The van der Waals surface area contributed by atoms with Gasteiger partial charge in [0.1, 0.15) is 0 Å². The molecule has 0 aliphatic rings. The van der Waals surface area contributed by atoms with Crippen molar-refractivity contribution < 1.29 is 5.11 Å². The fraction of sp³-hybridized carbons (Fsp3) is 0.231. The van der Waals surface area contributed by atoms with Crippen LogP contribution < -0.4 is 0 Å². The first-order valence-corrected chi connectivity index (χ1v) is 5.34. The smallest absolute Gasteiger partial charge is 0.0991 e. The largest absolute Gasteiger partial charge is 0.388 e. The zero-order chi connectivity index (χ0) is 12.3. The molecule has 0 aliphatic carbocycles. The zero-order valence-corrected chi connectivity index (χ0v) is 9.54. The molecule has 4 nitrogen and oxygen atoms in total. The number of aliphatic hydroxyl groups is 1. The van der Waals surface area contributed by atoms with E-state index in [9.17, 15) is 5.11 Å². The molecule has 1 aromatic heterocycles. The van der Waals surface area contributed by atoms with Gasteiger partial charge in [-0.05, 0) is 23.3 Å². The van der Waals surface area contributed by atoms with Crippen molar-refractivity contribution in [3.63, 3.8) is 0 Å². The van der Waals surface area contributed by atoms with E-state index < -0.39 is 6.10 Å². The van der Waals surface area contributed by atoms with Crippen molar-refractivity contribution in [1.82, 2.24) is 9.78 Å². The molecule has 1 heterocycles. The van der Waals surface area contributed by atoms with E-state index in [1.54, 1.807) is 29.1 Å². The number of aromatic nitrogens is 2. The van der Waals surface area contributed by atoms with Crippen LogP contribution in [0.5, 0.6) is 0 Å². The fourth-order valence-corrected chi connectivity index (χ4v) is 1.73. The number of nitriles is 1. The van der Waals surface area contributed by atoms with Gasteiger partial charge in [0.25, 0.3) is 0 Å². The van der Waals surface area contributed by atoms with Gasteiger partial charge in [0.2, 0.25) is 0 Å². The minimum Gasteiger partial charge on any atom is -0.388 e. The van der Waals surface area contributed by atoms with E-state index in [0.29, 0.717) is 12.0 Å². The quantitative estimate of drug-likeness (QED) is 0.865. The van der Waals surface area contributed by atoms with Crippen molar-refractivity contribution in [3.05, 3.63) is 53.3 Å². The molecule has 1 N–H and O–H groups in total. The predicted octanol–water partition coefficient (Wildman–Crippen LogP) is 1.57. The number of benzene rings is 1. The highest BCUT2D eigenvalue weighted by molar-refractivity contribution is 5.34. The summed E-state index contributed by atoms with van der Waals surface area (Å²) >= 11 is 0. The van der Waals surface area contributed by atoms with Crippen LogP contribution in [0.3, 0.4) is 0 Å². The zero-order valence-electron chi connectivity index (χ0n) is 9.54. The summed E-state index contributed by atoms with van der Waals surface area (Å²) in [6, 6.07) is 9.09. The maximum absolute atomic E-state index is 10.1. The number of aliphatic hydroxyl groups excluding tert-OH is 1. The minimum atomic E-state index is -0.604. The number of hydrogen-bond acceptors (Lipinski definition) is 3. The lowest BCUT2D eigenvalue weighted by molar-refractivity contribution is 0.178. The van der Waals surface area contributed by atoms with E-state index in [2.05, 4.69) is 11.2 Å². The maximum atomic E-state index is 10.1. The lowest BCUT2D eigenvalue weighted by Gasteiger charge is -2.09. The lowest BCUT2D eigenvalue weighted by Crippen LogP contribution is -2.01. The van der Waals surface area contributed by atoms with Crippen molar-refractivity contribution >= 4 is 0 Å². The van der Waals surface area contributed by atoms with E-state index in [0.717, 1.165) is 11.1 Å². The first kappa shape index (κ1) is 11.4. The van der Waals surface area contributed by atoms with Crippen molar-refractivity contribution in [2.45, 2.75) is 12.5 Å². The molecule has 0 radical (unpaired) electrons. The van der Waals surface area contributed by atoms with Crippen LogP contribution in [0.15, 0.2) is 36.7 Å². The van der Waals surface area contributed by atoms with Gasteiger partial charge in [-0.2, -0.15) is 10.4 Å². The predicted molar refractivity (Wildman–Crippen MR) is 63.0 cm³/mol. The Morgan fingerprint density at radius 2 is 2.35 bits per heavy atom. The molecule has 1 aromatic carbocycles. The molecule has 4 heteroatoms. The van der Waals surface area contributed by atoms with Crippen LogP contribution in [-0.4, -0.2) is 14.9 Å². The van der Waals surface area contributed by atoms with Crippen LogP contribution in [0, 0.1) is 11.3 Å². The van der Waals surface area contributed by atoms with Crippen molar-refractivity contribution in [2.24, 2.45) is 7.05 Å². The first-order valence-electron chi connectivity index (χ1n) is 5.34. The molecular formula is C13H13N3O. The highest BCUT2D eigenvalue weighted by Crippen LogP contribution is 2.18. The molecule has 0 saturated carbocycles. The summed E-state index contributed by atoms with van der Waals surface area (Å²) in [5.41, 5.74) is 2.29. The molecular weight excluding hydrogens is 214 g/mol. The van der Waals surface area contributed by atoms with Crippen LogP contribution in [-0.2, 0) is 13.5 Å². The Morgan fingerprint density at radius 1 is 1.53 bits per heavy atom. The molecule has 2 rings (SSSR count). The van der Waals surface area contributed by atoms with Crippen molar-refractivity contribution in [2.75, 3.05) is 0 Å². The summed E-state index contributed by atoms with van der Waals surface area (Å²) in [7, 11) is 1.84. The summed E-state index contributed by atoms with van der Waals surface area (Å²) < 4.78 is 1.70. The molecule has 2 aromatic rings. The van der Waals surface area contributed by atoms with Crippen LogP contribution in [0.4, 0.5) is 0 Å². The van der Waals surface area contributed by atoms with Gasteiger partial charge in [-0.25, -0.2) is 0 Å². The van der Waals surface area contributed by atoms with Crippen LogP contribution >= 0.6 is 0 Å². The highest BCUT2D eigenvalue weighted by atomic mass is 16.3. The molecule has 1 atom stereocenters. The van der Waals surface area contributed by atoms with Gasteiger partial charge in [-0.1, -0.05) is 12.1 Å². The van der Waals surface area contributed by atoms with Crippen molar-refractivity contribution in [1.29, 1.82) is 5.26 Å². The monoisotopic (exact) mass is 227 g/mol. The normalized spacial score (nSPS) is 12.1. The Hall–Kier alpha value is -2.12. The average Bonchev–Trinajstić information content (AvgIpc) is 2.75. The third kappa shape index (κ3) is 2.71. The van der Waals surface area contributed by atoms with Crippen LogP contribution in [0.25, 0.3) is 0 Å². The van der Waals surface area contributed by atoms with Crippen LogP contribution in [0.1, 0.15) is 22.8 Å². The summed E-state index contributed by atoms with van der Waals surface area (Å²) in [4.78, 5) is 0. The second-order valence-electron chi connectivity index (χ2n) is 3.98. The molecule has 0 fully saturated rings. The SMILES string of the molecule is Cn1cc(CC(O)c2cccc(C#N)c2)cn1. The lowest BCUT2D eigenvalue weighted by atomic mass is 10.0. The summed E-state index contributed by atoms with van der Waals surface area (Å²) in [5, 5.41) is 22.9. The topological polar surface area (TPSA) is 61.8 Å². The van der Waals surface area contributed by atoms with Gasteiger partial charge in [-0.15, -0.1) is 0 Å². The van der Waals surface area contributed by atoms with Gasteiger partial charge in [0.15, 0.2) is 0 Å². The Morgan fingerprint density at radius 3 is 3.00 bits per heavy atom. The molecule has 0 spiro atoms. The second kappa shape index (κ2) is 4.81. The first-order chi connectivity index (χ1) is 8.19. The Balaban J connectivity index is 2.14. The molecule has 86 valence electrons. The van der Waals surface area contributed by atoms with E-state index in [1.807, 2.05) is 19.3 Å². The van der Waals surface area contributed by atoms with E-state index >= 15 is 0 Å². The summed E-state index contributed by atoms with van der Waals surface area (Å²) in [6.45, 7) is 0. The average molecular weight is 227 g/mol. The van der Waals surface area contributed by atoms with Crippen molar-refractivity contribution in [3.8, 4) is 6.07 Å². The Labute approximate surface area is 99.7 Å². The summed E-state index contributed by atoms with van der Waals surface area (Å²) in [5.74, 6) is 0. The van der Waals surface area contributed by atoms with Gasteiger partial charge in [-0.3, -0.25) is 4.68 Å². The van der Waals surface area contributed by atoms with Gasteiger partial charge in [0, 0.05) is 19.7 Å². The standard InChI is InChI=1S/C13H13N3O/c1-16-9-11(8-15-16)6-13(17)12-4-2-3-10(5-12)7-14/h2-5,8-9,13,17H,6H2,1H3. The van der Waals surface area contributed by atoms with E-state index in [4.69, 9.17) is 5.26 Å². The van der Waals surface area contributed by atoms with E-state index in [-0.39, 0.29) is 0 Å². The summed E-state index contributed by atoms with van der Waals surface area (Å²) in [6.07, 6.45) is 3.50. The van der Waals surface area contributed by atoms with Gasteiger partial charge in [0.05, 0.1) is 23.9 Å². The Bertz CT molecular complexity index is 554. The Kier molecular flexibility index (Phi) is 3.22. The fourth-order valence-electron chi connectivity index (χ4n) is 1.73. The third-order valence-corrected chi connectivity index (χ3v) is 2.59. The number of rotatable bonds is 3. The number of nitrogens with zero attached hydrogens (tertiary/aromatic N) is 3. The van der Waals surface area contributed by atoms with Gasteiger partial charge < -0.3 is 5.11 Å². The minimum absolute atomic E-state index is 0.503. The number of aryl methyl sites for hydroxylation is 1. The van der Waals surface area contributed by atoms with Gasteiger partial charge >= 0.3 is 0 Å². The third-order valence-electron chi connectivity index (χ3n) is 2.59. The van der Waals surface area contributed by atoms with E-state index in [1.165, 1.54) is 0 Å². The molecule has 0 aliphatic heterocycles. The molecule has 1 unspecified atom stereocenters. The number of hydrogen-bond donors (Lipinski definition) is 1. The second-order valence-corrected chi connectivity index (χ2v) is 3.98. The molecule has 17 heavy (non-hydrogen) atoms. The van der Waals surface area contributed by atoms with Crippen LogP contribution in [0.2, 0.25) is 0 Å². The maximum Gasteiger partial charge on any atom is 0.0991 e. The highest BCUT2D eigenvalue weighted by Gasteiger charge is 2.10. The molecule has 0 amide bonds.